The first-order chi connectivity index (χ1) is 15.0. The molecule has 3 rings (SSSR count). The van der Waals surface area contributed by atoms with Crippen molar-refractivity contribution in [2.75, 3.05) is 19.3 Å². The van der Waals surface area contributed by atoms with Crippen LogP contribution in [-0.4, -0.2) is 38.6 Å². The number of benzene rings is 2. The van der Waals surface area contributed by atoms with E-state index in [1.165, 1.54) is 23.4 Å². The second-order valence-corrected chi connectivity index (χ2v) is 11.5. The van der Waals surface area contributed by atoms with E-state index in [1.807, 2.05) is 38.0 Å². The molecule has 7 heteroatoms. The van der Waals surface area contributed by atoms with Crippen LogP contribution in [0.3, 0.4) is 0 Å². The molecule has 1 fully saturated rings. The number of sulfonamides is 1. The Morgan fingerprint density at radius 3 is 2.31 bits per heavy atom. The van der Waals surface area contributed by atoms with Gasteiger partial charge in [0, 0.05) is 24.0 Å². The van der Waals surface area contributed by atoms with E-state index < -0.39 is 10.0 Å². The largest absolute Gasteiger partial charge is 0.339 e. The zero-order valence-corrected chi connectivity index (χ0v) is 21.5. The van der Waals surface area contributed by atoms with Crippen molar-refractivity contribution in [1.29, 1.82) is 0 Å². The third-order valence-corrected chi connectivity index (χ3v) is 8.80. The van der Waals surface area contributed by atoms with Crippen LogP contribution >= 0.6 is 11.8 Å². The normalized spacial score (nSPS) is 16.2. The van der Waals surface area contributed by atoms with E-state index in [-0.39, 0.29) is 16.8 Å². The van der Waals surface area contributed by atoms with Crippen molar-refractivity contribution in [2.45, 2.75) is 63.3 Å². The molecule has 2 aromatic rings. The molecule has 1 unspecified atom stereocenters. The number of carbonyl (C=O) groups excluding carboxylic acids is 1. The van der Waals surface area contributed by atoms with Gasteiger partial charge in [-0.25, -0.2) is 13.1 Å². The molecule has 1 aliphatic heterocycles. The highest BCUT2D eigenvalue weighted by Crippen LogP contribution is 2.28. The number of nitrogens with one attached hydrogen (secondary N) is 1. The second-order valence-electron chi connectivity index (χ2n) is 8.97. The van der Waals surface area contributed by atoms with E-state index >= 15 is 0 Å². The molecule has 1 aliphatic rings. The summed E-state index contributed by atoms with van der Waals surface area (Å²) in [7, 11) is -3.80. The molecule has 1 heterocycles. The topological polar surface area (TPSA) is 66.5 Å². The molecule has 32 heavy (non-hydrogen) atoms. The van der Waals surface area contributed by atoms with Gasteiger partial charge >= 0.3 is 0 Å². The number of carbonyl (C=O) groups is 1. The summed E-state index contributed by atoms with van der Waals surface area (Å²) in [5.74, 6) is 0.529. The minimum atomic E-state index is -3.80. The monoisotopic (exact) mass is 474 g/mol. The number of hydrogen-bond donors (Lipinski definition) is 1. The van der Waals surface area contributed by atoms with Gasteiger partial charge in [0.1, 0.15) is 0 Å². The number of piperidine rings is 1. The predicted octanol–water partition coefficient (Wildman–Crippen LogP) is 5.25. The van der Waals surface area contributed by atoms with Gasteiger partial charge in [0.2, 0.25) is 10.0 Å². The molecule has 1 N–H and O–H groups in total. The fourth-order valence-corrected chi connectivity index (χ4v) is 6.04. The highest BCUT2D eigenvalue weighted by atomic mass is 32.2. The first-order valence-corrected chi connectivity index (χ1v) is 13.8. The van der Waals surface area contributed by atoms with E-state index in [0.717, 1.165) is 34.4 Å². The molecule has 1 atom stereocenters. The van der Waals surface area contributed by atoms with Crippen LogP contribution in [0.5, 0.6) is 0 Å². The molecule has 1 amide bonds. The number of nitrogens with zero attached hydrogens (tertiary/aromatic N) is 1. The summed E-state index contributed by atoms with van der Waals surface area (Å²) in [6.07, 6.45) is 3.86. The maximum atomic E-state index is 13.2. The van der Waals surface area contributed by atoms with E-state index in [1.54, 1.807) is 12.1 Å². The lowest BCUT2D eigenvalue weighted by molar-refractivity contribution is 0.0693. The summed E-state index contributed by atoms with van der Waals surface area (Å²) in [4.78, 5) is 16.0. The van der Waals surface area contributed by atoms with Crippen LogP contribution in [0, 0.1) is 26.7 Å². The van der Waals surface area contributed by atoms with Crippen molar-refractivity contribution in [3.63, 3.8) is 0 Å². The standard InChI is InChI=1S/C25H34N2O3S2/c1-16-9-11-27(12-10-16)25(28)23-15-21(7-8-24(23)31-6)32(29,30)26-20(5)22-14-18(3)17(2)13-19(22)4/h7-8,13-16,20,26H,9-12H2,1-6H3. The van der Waals surface area contributed by atoms with Gasteiger partial charge in [0.15, 0.2) is 0 Å². The fraction of sp³-hybridized carbons (Fsp3) is 0.480. The molecule has 174 valence electrons. The molecule has 0 spiro atoms. The smallest absolute Gasteiger partial charge is 0.255 e. The van der Waals surface area contributed by atoms with E-state index in [0.29, 0.717) is 24.6 Å². The Morgan fingerprint density at radius 1 is 1.06 bits per heavy atom. The highest BCUT2D eigenvalue weighted by Gasteiger charge is 2.26. The van der Waals surface area contributed by atoms with Crippen molar-refractivity contribution in [2.24, 2.45) is 5.92 Å². The summed E-state index contributed by atoms with van der Waals surface area (Å²) >= 11 is 1.46. The van der Waals surface area contributed by atoms with Gasteiger partial charge in [-0.05, 0) is 93.2 Å². The summed E-state index contributed by atoms with van der Waals surface area (Å²) < 4.78 is 29.3. The molecule has 2 aromatic carbocycles. The zero-order chi connectivity index (χ0) is 23.6. The van der Waals surface area contributed by atoms with Gasteiger partial charge < -0.3 is 4.90 Å². The van der Waals surface area contributed by atoms with E-state index in [2.05, 4.69) is 24.6 Å². The lowest BCUT2D eigenvalue weighted by atomic mass is 9.97. The van der Waals surface area contributed by atoms with Gasteiger partial charge in [-0.2, -0.15) is 0 Å². The van der Waals surface area contributed by atoms with Crippen LogP contribution < -0.4 is 4.72 Å². The summed E-state index contributed by atoms with van der Waals surface area (Å²) in [6.45, 7) is 11.6. The first-order valence-electron chi connectivity index (χ1n) is 11.1. The maximum absolute atomic E-state index is 13.2. The van der Waals surface area contributed by atoms with Crippen molar-refractivity contribution < 1.29 is 13.2 Å². The molecule has 1 saturated heterocycles. The second kappa shape index (κ2) is 9.98. The average molecular weight is 475 g/mol. The Kier molecular flexibility index (Phi) is 7.73. The number of hydrogen-bond acceptors (Lipinski definition) is 4. The average Bonchev–Trinajstić information content (AvgIpc) is 2.75. The van der Waals surface area contributed by atoms with Gasteiger partial charge in [0.05, 0.1) is 10.5 Å². The molecule has 0 radical (unpaired) electrons. The number of likely N-dealkylation sites (tertiary alicyclic amines) is 1. The fourth-order valence-electron chi connectivity index (χ4n) is 4.22. The Balaban J connectivity index is 1.89. The van der Waals surface area contributed by atoms with Gasteiger partial charge in [-0.1, -0.05) is 19.1 Å². The minimum absolute atomic E-state index is 0.0867. The van der Waals surface area contributed by atoms with Crippen LogP contribution in [0.2, 0.25) is 0 Å². The van der Waals surface area contributed by atoms with Gasteiger partial charge in [0.25, 0.3) is 5.91 Å². The quantitative estimate of drug-likeness (QED) is 0.581. The lowest BCUT2D eigenvalue weighted by Gasteiger charge is -2.31. The number of thioether (sulfide) groups is 1. The van der Waals surface area contributed by atoms with E-state index in [4.69, 9.17) is 0 Å². The van der Waals surface area contributed by atoms with Crippen molar-refractivity contribution in [3.05, 3.63) is 58.1 Å². The summed E-state index contributed by atoms with van der Waals surface area (Å²) in [5, 5.41) is 0. The summed E-state index contributed by atoms with van der Waals surface area (Å²) in [6, 6.07) is 8.60. The van der Waals surface area contributed by atoms with E-state index in [9.17, 15) is 13.2 Å². The Labute approximate surface area is 197 Å². The molecule has 0 bridgehead atoms. The van der Waals surface area contributed by atoms with Crippen LogP contribution in [0.25, 0.3) is 0 Å². The lowest BCUT2D eigenvalue weighted by Crippen LogP contribution is -2.38. The molecule has 0 saturated carbocycles. The van der Waals surface area contributed by atoms with Crippen LogP contribution in [0.1, 0.15) is 65.3 Å². The molecular formula is C25H34N2O3S2. The van der Waals surface area contributed by atoms with Crippen molar-refractivity contribution in [3.8, 4) is 0 Å². The molecule has 0 aliphatic carbocycles. The SMILES string of the molecule is CSc1ccc(S(=O)(=O)NC(C)c2cc(C)c(C)cc2C)cc1C(=O)N1CCC(C)CC1. The Hall–Kier alpha value is -1.83. The molecule has 5 nitrogen and oxygen atoms in total. The van der Waals surface area contributed by atoms with Gasteiger partial charge in [-0.3, -0.25) is 4.79 Å². The number of amides is 1. The predicted molar refractivity (Wildman–Crippen MR) is 132 cm³/mol. The van der Waals surface area contributed by atoms with Crippen LogP contribution in [-0.2, 0) is 10.0 Å². The first kappa shape index (κ1) is 24.8. The van der Waals surface area contributed by atoms with Crippen LogP contribution in [0.15, 0.2) is 40.1 Å². The highest BCUT2D eigenvalue weighted by molar-refractivity contribution is 7.98. The van der Waals surface area contributed by atoms with Crippen molar-refractivity contribution >= 4 is 27.7 Å². The minimum Gasteiger partial charge on any atom is -0.339 e. The molecule has 0 aromatic heterocycles. The molecular weight excluding hydrogens is 440 g/mol. The maximum Gasteiger partial charge on any atom is 0.255 e. The zero-order valence-electron chi connectivity index (χ0n) is 19.9. The van der Waals surface area contributed by atoms with Crippen molar-refractivity contribution in [1.82, 2.24) is 9.62 Å². The third-order valence-electron chi connectivity index (χ3n) is 6.46. The van der Waals surface area contributed by atoms with Crippen LogP contribution in [0.4, 0.5) is 0 Å². The Bertz CT molecular complexity index is 1100. The third kappa shape index (κ3) is 5.38. The number of rotatable bonds is 6. The number of aryl methyl sites for hydroxylation is 3. The Morgan fingerprint density at radius 2 is 1.69 bits per heavy atom. The van der Waals surface area contributed by atoms with Gasteiger partial charge in [-0.15, -0.1) is 11.8 Å². The summed E-state index contributed by atoms with van der Waals surface area (Å²) in [5.41, 5.74) is 4.78.